The van der Waals surface area contributed by atoms with Crippen molar-refractivity contribution in [2.75, 3.05) is 37.7 Å². The summed E-state index contributed by atoms with van der Waals surface area (Å²) in [4.78, 5) is 19.0. The van der Waals surface area contributed by atoms with E-state index in [0.717, 1.165) is 74.3 Å². The largest absolute Gasteiger partial charge is 0.494 e. The van der Waals surface area contributed by atoms with Crippen LogP contribution in [0.4, 0.5) is 5.95 Å². The zero-order chi connectivity index (χ0) is 23.9. The molecular formula is C25H36N4O5. The number of aliphatic hydroxyl groups excluding tert-OH is 2. The van der Waals surface area contributed by atoms with Crippen molar-refractivity contribution in [1.82, 2.24) is 15.5 Å². The van der Waals surface area contributed by atoms with Crippen molar-refractivity contribution in [1.29, 1.82) is 0 Å². The van der Waals surface area contributed by atoms with Gasteiger partial charge in [0.25, 0.3) is 11.9 Å². The molecule has 3 N–H and O–H groups in total. The summed E-state index contributed by atoms with van der Waals surface area (Å²) in [5.41, 5.74) is 1.34. The van der Waals surface area contributed by atoms with Gasteiger partial charge in [-0.05, 0) is 86.2 Å². The van der Waals surface area contributed by atoms with Crippen molar-refractivity contribution in [3.63, 3.8) is 0 Å². The molecule has 1 aromatic carbocycles. The minimum Gasteiger partial charge on any atom is -0.494 e. The molecule has 1 aliphatic heterocycles. The van der Waals surface area contributed by atoms with Crippen LogP contribution < -0.4 is 15.0 Å². The number of benzene rings is 1. The summed E-state index contributed by atoms with van der Waals surface area (Å²) in [6.07, 6.45) is 6.90. The summed E-state index contributed by atoms with van der Waals surface area (Å²) in [5.74, 6) is 3.43. The first-order valence-electron chi connectivity index (χ1n) is 12.4. The number of nitrogens with one attached hydrogen (secondary N) is 1. The smallest absolute Gasteiger partial charge is 0.266 e. The lowest BCUT2D eigenvalue weighted by Crippen LogP contribution is -2.34. The number of aliphatic hydroxyl groups is 2. The molecule has 1 aliphatic carbocycles. The number of ether oxygens (including phenoxy) is 1. The van der Waals surface area contributed by atoms with Gasteiger partial charge in [-0.25, -0.2) is 0 Å². The highest BCUT2D eigenvalue weighted by Gasteiger charge is 2.26. The van der Waals surface area contributed by atoms with Gasteiger partial charge in [-0.3, -0.25) is 4.79 Å². The van der Waals surface area contributed by atoms with Crippen LogP contribution >= 0.6 is 0 Å². The van der Waals surface area contributed by atoms with Gasteiger partial charge < -0.3 is 29.7 Å². The van der Waals surface area contributed by atoms with E-state index in [4.69, 9.17) is 14.4 Å². The third-order valence-electron chi connectivity index (χ3n) is 6.69. The molecule has 0 bridgehead atoms. The molecule has 2 aromatic rings. The molecule has 2 fully saturated rings. The molecule has 0 spiro atoms. The van der Waals surface area contributed by atoms with Gasteiger partial charge in [0.1, 0.15) is 5.75 Å². The first-order valence-corrected chi connectivity index (χ1v) is 12.4. The Hall–Kier alpha value is -2.65. The molecule has 1 aromatic heterocycles. The number of amides is 1. The number of anilines is 1. The van der Waals surface area contributed by atoms with Crippen LogP contribution in [0.3, 0.4) is 0 Å². The predicted octanol–water partition coefficient (Wildman–Crippen LogP) is 2.49. The molecule has 2 aliphatic rings. The molecule has 4 rings (SSSR count). The highest BCUT2D eigenvalue weighted by atomic mass is 16.5. The zero-order valence-corrected chi connectivity index (χ0v) is 19.9. The summed E-state index contributed by atoms with van der Waals surface area (Å²) >= 11 is 0. The van der Waals surface area contributed by atoms with E-state index in [1.165, 1.54) is 12.8 Å². The van der Waals surface area contributed by atoms with Crippen molar-refractivity contribution in [3.8, 4) is 5.75 Å². The zero-order valence-electron chi connectivity index (χ0n) is 19.9. The number of hydrogen-bond acceptors (Lipinski definition) is 8. The average molecular weight is 473 g/mol. The van der Waals surface area contributed by atoms with E-state index < -0.39 is 6.10 Å². The van der Waals surface area contributed by atoms with E-state index in [0.29, 0.717) is 18.1 Å². The molecule has 186 valence electrons. The Morgan fingerprint density at radius 3 is 2.76 bits per heavy atom. The van der Waals surface area contributed by atoms with Crippen LogP contribution in [0.5, 0.6) is 5.75 Å². The molecule has 1 saturated heterocycles. The van der Waals surface area contributed by atoms with Crippen LogP contribution in [0.25, 0.3) is 0 Å². The standard InChI is InChI=1S/C25H36N4O5/c1-17-13-21(6-7-22(17)24(32)26-15-20(31)16-30)33-12-2-3-18-8-10-29(11-9-18)25-27-23(34-28-25)14-19-4-5-19/h6-7,13,18-20,30-31H,2-5,8-12,14-16H2,1H3,(H,26,32). The number of aromatic nitrogens is 2. The minimum atomic E-state index is -0.956. The van der Waals surface area contributed by atoms with E-state index in [9.17, 15) is 9.90 Å². The van der Waals surface area contributed by atoms with Gasteiger partial charge >= 0.3 is 0 Å². The lowest BCUT2D eigenvalue weighted by atomic mass is 9.92. The summed E-state index contributed by atoms with van der Waals surface area (Å²) in [6.45, 7) is 4.06. The minimum absolute atomic E-state index is 0.0164. The number of aryl methyl sites for hydroxylation is 1. The van der Waals surface area contributed by atoms with Crippen molar-refractivity contribution in [3.05, 3.63) is 35.2 Å². The normalized spacial score (nSPS) is 17.6. The van der Waals surface area contributed by atoms with Gasteiger partial charge in [-0.15, -0.1) is 0 Å². The fourth-order valence-electron chi connectivity index (χ4n) is 4.36. The number of carbonyl (C=O) groups is 1. The Morgan fingerprint density at radius 2 is 2.06 bits per heavy atom. The Balaban J connectivity index is 1.13. The Labute approximate surface area is 200 Å². The second-order valence-corrected chi connectivity index (χ2v) is 9.58. The molecule has 1 atom stereocenters. The predicted molar refractivity (Wildman–Crippen MR) is 127 cm³/mol. The quantitative estimate of drug-likeness (QED) is 0.403. The van der Waals surface area contributed by atoms with Gasteiger partial charge in [-0.2, -0.15) is 4.98 Å². The average Bonchev–Trinajstić information content (AvgIpc) is 3.54. The monoisotopic (exact) mass is 472 g/mol. The maximum absolute atomic E-state index is 12.2. The first kappa shape index (κ1) is 24.5. The molecule has 1 saturated carbocycles. The van der Waals surface area contributed by atoms with Crippen molar-refractivity contribution in [2.24, 2.45) is 11.8 Å². The topological polar surface area (TPSA) is 121 Å². The molecule has 2 heterocycles. The summed E-state index contributed by atoms with van der Waals surface area (Å²) in [5, 5.41) is 25.0. The molecule has 34 heavy (non-hydrogen) atoms. The van der Waals surface area contributed by atoms with Crippen LogP contribution in [0.1, 0.15) is 60.3 Å². The Bertz CT molecular complexity index is 937. The van der Waals surface area contributed by atoms with Gasteiger partial charge in [-0.1, -0.05) is 0 Å². The molecule has 9 nitrogen and oxygen atoms in total. The van der Waals surface area contributed by atoms with E-state index in [1.807, 2.05) is 13.0 Å². The molecule has 1 amide bonds. The second-order valence-electron chi connectivity index (χ2n) is 9.58. The maximum atomic E-state index is 12.2. The second kappa shape index (κ2) is 11.7. The van der Waals surface area contributed by atoms with Gasteiger partial charge in [0.15, 0.2) is 0 Å². The highest BCUT2D eigenvalue weighted by molar-refractivity contribution is 5.95. The molecule has 0 radical (unpaired) electrons. The molecule has 1 unspecified atom stereocenters. The van der Waals surface area contributed by atoms with Crippen LogP contribution in [-0.4, -0.2) is 65.2 Å². The SMILES string of the molecule is Cc1cc(OCCCC2CCN(c3noc(CC4CC4)n3)CC2)ccc1C(=O)NCC(O)CO. The fraction of sp³-hybridized carbons (Fsp3) is 0.640. The number of rotatable bonds is 12. The van der Waals surface area contributed by atoms with Gasteiger partial charge in [0.05, 0.1) is 19.3 Å². The molecule has 9 heteroatoms. The lowest BCUT2D eigenvalue weighted by molar-refractivity contribution is 0.0801. The number of hydrogen-bond donors (Lipinski definition) is 3. The van der Waals surface area contributed by atoms with Crippen LogP contribution in [0, 0.1) is 18.8 Å². The highest BCUT2D eigenvalue weighted by Crippen LogP contribution is 2.32. The number of nitrogens with zero attached hydrogens (tertiary/aromatic N) is 3. The number of carbonyl (C=O) groups excluding carboxylic acids is 1. The van der Waals surface area contributed by atoms with Crippen molar-refractivity contribution in [2.45, 2.75) is 58.0 Å². The van der Waals surface area contributed by atoms with E-state index in [1.54, 1.807) is 12.1 Å². The third-order valence-corrected chi connectivity index (χ3v) is 6.69. The van der Waals surface area contributed by atoms with Crippen molar-refractivity contribution >= 4 is 11.9 Å². The Kier molecular flexibility index (Phi) is 8.39. The maximum Gasteiger partial charge on any atom is 0.266 e. The van der Waals surface area contributed by atoms with Crippen LogP contribution in [0.2, 0.25) is 0 Å². The molecular weight excluding hydrogens is 436 g/mol. The van der Waals surface area contributed by atoms with Gasteiger partial charge in [0, 0.05) is 31.6 Å². The number of piperidine rings is 1. The van der Waals surface area contributed by atoms with E-state index in [2.05, 4.69) is 20.4 Å². The summed E-state index contributed by atoms with van der Waals surface area (Å²) < 4.78 is 11.3. The fourth-order valence-corrected chi connectivity index (χ4v) is 4.36. The first-order chi connectivity index (χ1) is 16.5. The Morgan fingerprint density at radius 1 is 1.26 bits per heavy atom. The lowest BCUT2D eigenvalue weighted by Gasteiger charge is -2.30. The summed E-state index contributed by atoms with van der Waals surface area (Å²) in [6, 6.07) is 5.39. The van der Waals surface area contributed by atoms with Crippen molar-refractivity contribution < 1.29 is 24.3 Å². The van der Waals surface area contributed by atoms with Crippen LogP contribution in [0.15, 0.2) is 22.7 Å². The van der Waals surface area contributed by atoms with Crippen LogP contribution in [-0.2, 0) is 6.42 Å². The van der Waals surface area contributed by atoms with Gasteiger partial charge in [0.2, 0.25) is 5.89 Å². The van der Waals surface area contributed by atoms with E-state index in [-0.39, 0.29) is 19.1 Å². The summed E-state index contributed by atoms with van der Waals surface area (Å²) in [7, 11) is 0. The third kappa shape index (κ3) is 6.93. The van der Waals surface area contributed by atoms with E-state index >= 15 is 0 Å².